The SMILES string of the molecule is CC1CC(N2CCC(N)CC2)CCN1C. The molecule has 2 aliphatic rings. The number of hydrogen-bond donors (Lipinski definition) is 1. The van der Waals surface area contributed by atoms with Crippen molar-refractivity contribution in [3.8, 4) is 0 Å². The van der Waals surface area contributed by atoms with Crippen LogP contribution in [-0.2, 0) is 0 Å². The van der Waals surface area contributed by atoms with Crippen LogP contribution >= 0.6 is 0 Å². The number of likely N-dealkylation sites (tertiary alicyclic amines) is 2. The molecule has 2 aliphatic heterocycles. The van der Waals surface area contributed by atoms with Crippen molar-refractivity contribution in [1.82, 2.24) is 9.80 Å². The summed E-state index contributed by atoms with van der Waals surface area (Å²) in [5.41, 5.74) is 5.94. The lowest BCUT2D eigenvalue weighted by molar-refractivity contribution is 0.0711. The Labute approximate surface area is 93.6 Å². The summed E-state index contributed by atoms with van der Waals surface area (Å²) in [5, 5.41) is 0. The first-order chi connectivity index (χ1) is 7.16. The molecule has 2 atom stereocenters. The van der Waals surface area contributed by atoms with E-state index in [1.807, 2.05) is 0 Å². The third-order valence-electron chi connectivity index (χ3n) is 4.27. The van der Waals surface area contributed by atoms with Crippen molar-refractivity contribution in [2.45, 2.75) is 50.7 Å². The van der Waals surface area contributed by atoms with E-state index in [4.69, 9.17) is 5.73 Å². The highest BCUT2D eigenvalue weighted by atomic mass is 15.2. The maximum absolute atomic E-state index is 5.94. The fourth-order valence-electron chi connectivity index (χ4n) is 2.88. The van der Waals surface area contributed by atoms with Gasteiger partial charge in [0, 0.05) is 18.1 Å². The Kier molecular flexibility index (Phi) is 3.65. The van der Waals surface area contributed by atoms with Gasteiger partial charge < -0.3 is 15.5 Å². The Balaban J connectivity index is 1.84. The van der Waals surface area contributed by atoms with Gasteiger partial charge in [-0.1, -0.05) is 0 Å². The van der Waals surface area contributed by atoms with Crippen LogP contribution in [0.3, 0.4) is 0 Å². The highest BCUT2D eigenvalue weighted by Crippen LogP contribution is 2.23. The minimum absolute atomic E-state index is 0.463. The Hall–Kier alpha value is -0.120. The molecule has 0 amide bonds. The lowest BCUT2D eigenvalue weighted by Crippen LogP contribution is -2.51. The number of piperidine rings is 2. The Bertz CT molecular complexity index is 199. The Morgan fingerprint density at radius 3 is 2.33 bits per heavy atom. The molecular weight excluding hydrogens is 186 g/mol. The molecule has 0 aromatic carbocycles. The van der Waals surface area contributed by atoms with Gasteiger partial charge in [0.1, 0.15) is 0 Å². The quantitative estimate of drug-likeness (QED) is 0.699. The van der Waals surface area contributed by atoms with Crippen LogP contribution in [-0.4, -0.2) is 54.6 Å². The maximum atomic E-state index is 5.94. The molecule has 3 nitrogen and oxygen atoms in total. The van der Waals surface area contributed by atoms with E-state index in [2.05, 4.69) is 23.8 Å². The summed E-state index contributed by atoms with van der Waals surface area (Å²) in [6.07, 6.45) is 5.07. The van der Waals surface area contributed by atoms with Crippen LogP contribution in [0, 0.1) is 0 Å². The summed E-state index contributed by atoms with van der Waals surface area (Å²) >= 11 is 0. The van der Waals surface area contributed by atoms with E-state index in [0.717, 1.165) is 12.1 Å². The zero-order chi connectivity index (χ0) is 10.8. The number of rotatable bonds is 1. The second kappa shape index (κ2) is 4.81. The molecule has 0 aromatic rings. The van der Waals surface area contributed by atoms with Crippen LogP contribution in [0.15, 0.2) is 0 Å². The lowest BCUT2D eigenvalue weighted by Gasteiger charge is -2.43. The van der Waals surface area contributed by atoms with E-state index >= 15 is 0 Å². The maximum Gasteiger partial charge on any atom is 0.0122 e. The van der Waals surface area contributed by atoms with Crippen LogP contribution in [0.4, 0.5) is 0 Å². The molecule has 0 aromatic heterocycles. The second-order valence-corrected chi connectivity index (χ2v) is 5.38. The fraction of sp³-hybridized carbons (Fsp3) is 1.00. The molecule has 0 bridgehead atoms. The highest BCUT2D eigenvalue weighted by molar-refractivity contribution is 4.86. The minimum Gasteiger partial charge on any atom is -0.328 e. The molecular formula is C12H25N3. The van der Waals surface area contributed by atoms with Gasteiger partial charge >= 0.3 is 0 Å². The zero-order valence-corrected chi connectivity index (χ0v) is 10.2. The van der Waals surface area contributed by atoms with Crippen LogP contribution in [0.1, 0.15) is 32.6 Å². The predicted molar refractivity (Wildman–Crippen MR) is 63.9 cm³/mol. The van der Waals surface area contributed by atoms with Crippen LogP contribution < -0.4 is 5.73 Å². The van der Waals surface area contributed by atoms with Crippen LogP contribution in [0.25, 0.3) is 0 Å². The van der Waals surface area contributed by atoms with Gasteiger partial charge in [-0.05, 0) is 59.3 Å². The first-order valence-electron chi connectivity index (χ1n) is 6.36. The molecule has 2 unspecified atom stereocenters. The van der Waals surface area contributed by atoms with E-state index in [1.165, 1.54) is 45.3 Å². The van der Waals surface area contributed by atoms with Crippen LogP contribution in [0.2, 0.25) is 0 Å². The molecule has 0 aliphatic carbocycles. The van der Waals surface area contributed by atoms with Crippen molar-refractivity contribution in [3.63, 3.8) is 0 Å². The van der Waals surface area contributed by atoms with Gasteiger partial charge in [0.2, 0.25) is 0 Å². The summed E-state index contributed by atoms with van der Waals surface area (Å²) in [6, 6.07) is 2.04. The second-order valence-electron chi connectivity index (χ2n) is 5.38. The van der Waals surface area contributed by atoms with Gasteiger partial charge in [-0.3, -0.25) is 0 Å². The average molecular weight is 211 g/mol. The van der Waals surface area contributed by atoms with E-state index in [9.17, 15) is 0 Å². The molecule has 15 heavy (non-hydrogen) atoms. The first kappa shape index (κ1) is 11.4. The average Bonchev–Trinajstić information content (AvgIpc) is 2.23. The van der Waals surface area contributed by atoms with Crippen molar-refractivity contribution in [2.24, 2.45) is 5.73 Å². The van der Waals surface area contributed by atoms with E-state index in [1.54, 1.807) is 0 Å². The van der Waals surface area contributed by atoms with Crippen LogP contribution in [0.5, 0.6) is 0 Å². The van der Waals surface area contributed by atoms with Gasteiger partial charge in [0.25, 0.3) is 0 Å². The Morgan fingerprint density at radius 2 is 1.73 bits per heavy atom. The molecule has 88 valence electrons. The summed E-state index contributed by atoms with van der Waals surface area (Å²) in [6.45, 7) is 6.06. The van der Waals surface area contributed by atoms with E-state index in [-0.39, 0.29) is 0 Å². The summed E-state index contributed by atoms with van der Waals surface area (Å²) in [4.78, 5) is 5.15. The predicted octanol–water partition coefficient (Wildman–Crippen LogP) is 0.892. The standard InChI is InChI=1S/C12H25N3/c1-10-9-12(5-6-14(10)2)15-7-3-11(13)4-8-15/h10-12H,3-9,13H2,1-2H3. The topological polar surface area (TPSA) is 32.5 Å². The molecule has 3 heteroatoms. The minimum atomic E-state index is 0.463. The number of nitrogens with two attached hydrogens (primary N) is 1. The normalized spacial score (nSPS) is 37.0. The third-order valence-corrected chi connectivity index (χ3v) is 4.27. The van der Waals surface area contributed by atoms with Gasteiger partial charge in [-0.2, -0.15) is 0 Å². The van der Waals surface area contributed by atoms with E-state index in [0.29, 0.717) is 6.04 Å². The largest absolute Gasteiger partial charge is 0.328 e. The third kappa shape index (κ3) is 2.71. The summed E-state index contributed by atoms with van der Waals surface area (Å²) < 4.78 is 0. The molecule has 2 saturated heterocycles. The molecule has 2 rings (SSSR count). The molecule has 0 saturated carbocycles. The van der Waals surface area contributed by atoms with Crippen molar-refractivity contribution in [1.29, 1.82) is 0 Å². The molecule has 2 fully saturated rings. The summed E-state index contributed by atoms with van der Waals surface area (Å²) in [5.74, 6) is 0. The van der Waals surface area contributed by atoms with Gasteiger partial charge in [0.05, 0.1) is 0 Å². The number of nitrogens with zero attached hydrogens (tertiary/aromatic N) is 2. The molecule has 0 radical (unpaired) electrons. The molecule has 2 N–H and O–H groups in total. The van der Waals surface area contributed by atoms with Crippen molar-refractivity contribution < 1.29 is 0 Å². The fourth-order valence-corrected chi connectivity index (χ4v) is 2.88. The van der Waals surface area contributed by atoms with E-state index < -0.39 is 0 Å². The highest BCUT2D eigenvalue weighted by Gasteiger charge is 2.29. The number of hydrogen-bond acceptors (Lipinski definition) is 3. The van der Waals surface area contributed by atoms with Crippen molar-refractivity contribution >= 4 is 0 Å². The molecule has 0 spiro atoms. The van der Waals surface area contributed by atoms with Gasteiger partial charge in [-0.25, -0.2) is 0 Å². The van der Waals surface area contributed by atoms with Crippen molar-refractivity contribution in [2.75, 3.05) is 26.7 Å². The van der Waals surface area contributed by atoms with Crippen molar-refractivity contribution in [3.05, 3.63) is 0 Å². The molecule has 2 heterocycles. The summed E-state index contributed by atoms with van der Waals surface area (Å²) in [7, 11) is 2.24. The monoisotopic (exact) mass is 211 g/mol. The zero-order valence-electron chi connectivity index (χ0n) is 10.2. The van der Waals surface area contributed by atoms with Gasteiger partial charge in [0.15, 0.2) is 0 Å². The first-order valence-corrected chi connectivity index (χ1v) is 6.36. The Morgan fingerprint density at radius 1 is 1.07 bits per heavy atom. The lowest BCUT2D eigenvalue weighted by atomic mass is 9.94. The van der Waals surface area contributed by atoms with Gasteiger partial charge in [-0.15, -0.1) is 0 Å². The smallest absolute Gasteiger partial charge is 0.0122 e.